The molecule has 0 saturated heterocycles. The number of hydrogen-bond donors (Lipinski definition) is 1. The zero-order valence-corrected chi connectivity index (χ0v) is 15.2. The molecule has 0 fully saturated rings. The first kappa shape index (κ1) is 17.7. The van der Waals surface area contributed by atoms with Crippen LogP contribution in [0.5, 0.6) is 5.75 Å². The average Bonchev–Trinajstić information content (AvgIpc) is 2.64. The molecule has 0 bridgehead atoms. The van der Waals surface area contributed by atoms with E-state index in [0.29, 0.717) is 5.75 Å². The van der Waals surface area contributed by atoms with Crippen molar-refractivity contribution in [3.63, 3.8) is 0 Å². The predicted molar refractivity (Wildman–Crippen MR) is 104 cm³/mol. The Balaban J connectivity index is 1.72. The maximum Gasteiger partial charge on any atom is 0.262 e. The second kappa shape index (κ2) is 7.83. The molecular formula is C22H22N2O2. The van der Waals surface area contributed by atoms with Gasteiger partial charge < -0.3 is 10.1 Å². The molecule has 4 heteroatoms. The fourth-order valence-corrected chi connectivity index (χ4v) is 2.98. The Labute approximate surface area is 153 Å². The minimum atomic E-state index is -0.204. The first-order valence-corrected chi connectivity index (χ1v) is 8.56. The van der Waals surface area contributed by atoms with Gasteiger partial charge in [-0.25, -0.2) is 0 Å². The quantitative estimate of drug-likeness (QED) is 0.729. The number of aromatic nitrogens is 1. The molecule has 1 heterocycles. The molecule has 3 aromatic rings. The van der Waals surface area contributed by atoms with Gasteiger partial charge in [0.15, 0.2) is 6.61 Å². The lowest BCUT2D eigenvalue weighted by molar-refractivity contribution is -0.118. The molecule has 0 saturated carbocycles. The molecule has 0 spiro atoms. The summed E-state index contributed by atoms with van der Waals surface area (Å²) in [6.07, 6.45) is 0. The van der Waals surface area contributed by atoms with E-state index in [1.807, 2.05) is 81.4 Å². The summed E-state index contributed by atoms with van der Waals surface area (Å²) < 4.78 is 5.80. The summed E-state index contributed by atoms with van der Waals surface area (Å²) in [5.74, 6) is 0.481. The highest BCUT2D eigenvalue weighted by molar-refractivity contribution is 5.93. The van der Waals surface area contributed by atoms with Gasteiger partial charge in [-0.15, -0.1) is 0 Å². The topological polar surface area (TPSA) is 51.2 Å². The Morgan fingerprint density at radius 3 is 2.42 bits per heavy atom. The van der Waals surface area contributed by atoms with Crippen molar-refractivity contribution in [3.8, 4) is 16.9 Å². The van der Waals surface area contributed by atoms with E-state index >= 15 is 0 Å². The lowest BCUT2D eigenvalue weighted by atomic mass is 10.1. The summed E-state index contributed by atoms with van der Waals surface area (Å²) in [7, 11) is 0. The van der Waals surface area contributed by atoms with Crippen molar-refractivity contribution >= 4 is 11.6 Å². The Morgan fingerprint density at radius 1 is 1.00 bits per heavy atom. The first-order chi connectivity index (χ1) is 12.5. The van der Waals surface area contributed by atoms with Crippen molar-refractivity contribution in [1.82, 2.24) is 4.98 Å². The van der Waals surface area contributed by atoms with Gasteiger partial charge in [0, 0.05) is 11.3 Å². The molecule has 1 amide bonds. The van der Waals surface area contributed by atoms with Crippen LogP contribution in [0.15, 0.2) is 60.7 Å². The van der Waals surface area contributed by atoms with Gasteiger partial charge in [0.25, 0.3) is 5.91 Å². The van der Waals surface area contributed by atoms with Gasteiger partial charge in [-0.1, -0.05) is 48.5 Å². The number of anilines is 1. The molecule has 0 aliphatic rings. The van der Waals surface area contributed by atoms with E-state index in [2.05, 4.69) is 10.3 Å². The van der Waals surface area contributed by atoms with Crippen molar-refractivity contribution in [3.05, 3.63) is 77.6 Å². The van der Waals surface area contributed by atoms with E-state index in [4.69, 9.17) is 4.74 Å². The van der Waals surface area contributed by atoms with E-state index < -0.39 is 0 Å². The Hall–Kier alpha value is -3.14. The van der Waals surface area contributed by atoms with E-state index in [0.717, 1.165) is 33.8 Å². The summed E-state index contributed by atoms with van der Waals surface area (Å²) in [5.41, 5.74) is 5.50. The molecule has 132 valence electrons. The van der Waals surface area contributed by atoms with E-state index in [1.165, 1.54) is 0 Å². The van der Waals surface area contributed by atoms with Crippen molar-refractivity contribution in [2.75, 3.05) is 11.9 Å². The summed E-state index contributed by atoms with van der Waals surface area (Å²) in [5, 5.41) is 2.91. The SMILES string of the molecule is Cc1cc(C)c(NC(=O)COc2ccccc2-c2ccccc2)c(C)n1. The smallest absolute Gasteiger partial charge is 0.262 e. The highest BCUT2D eigenvalue weighted by Crippen LogP contribution is 2.29. The first-order valence-electron chi connectivity index (χ1n) is 8.56. The van der Waals surface area contributed by atoms with E-state index in [1.54, 1.807) is 0 Å². The normalized spacial score (nSPS) is 10.4. The number of ether oxygens (including phenoxy) is 1. The monoisotopic (exact) mass is 346 g/mol. The molecule has 1 aromatic heterocycles. The minimum absolute atomic E-state index is 0.0589. The summed E-state index contributed by atoms with van der Waals surface area (Å²) in [4.78, 5) is 16.8. The number of carbonyl (C=O) groups is 1. The number of carbonyl (C=O) groups excluding carboxylic acids is 1. The van der Waals surface area contributed by atoms with Crippen LogP contribution in [0.25, 0.3) is 11.1 Å². The third-order valence-corrected chi connectivity index (χ3v) is 4.12. The van der Waals surface area contributed by atoms with Crippen LogP contribution >= 0.6 is 0 Å². The van der Waals surface area contributed by atoms with Crippen LogP contribution in [0.2, 0.25) is 0 Å². The van der Waals surface area contributed by atoms with Crippen molar-refractivity contribution in [1.29, 1.82) is 0 Å². The number of hydrogen-bond acceptors (Lipinski definition) is 3. The van der Waals surface area contributed by atoms with Crippen molar-refractivity contribution < 1.29 is 9.53 Å². The number of aryl methyl sites for hydroxylation is 3. The van der Waals surface area contributed by atoms with Gasteiger partial charge in [0.2, 0.25) is 0 Å². The lowest BCUT2D eigenvalue weighted by Crippen LogP contribution is -2.21. The molecule has 0 atom stereocenters. The van der Waals surface area contributed by atoms with Crippen LogP contribution in [-0.4, -0.2) is 17.5 Å². The maximum atomic E-state index is 12.4. The standard InChI is InChI=1S/C22H22N2O2/c1-15-13-16(2)23-17(3)22(15)24-21(25)14-26-20-12-8-7-11-19(20)18-9-5-4-6-10-18/h4-13H,14H2,1-3H3,(H,24,25). The highest BCUT2D eigenvalue weighted by Gasteiger charge is 2.11. The highest BCUT2D eigenvalue weighted by atomic mass is 16.5. The molecule has 0 aliphatic heterocycles. The third-order valence-electron chi connectivity index (χ3n) is 4.12. The largest absolute Gasteiger partial charge is 0.483 e. The Morgan fingerprint density at radius 2 is 1.69 bits per heavy atom. The number of nitrogens with one attached hydrogen (secondary N) is 1. The number of para-hydroxylation sites is 1. The number of amides is 1. The van der Waals surface area contributed by atoms with Crippen LogP contribution in [-0.2, 0) is 4.79 Å². The van der Waals surface area contributed by atoms with Crippen LogP contribution < -0.4 is 10.1 Å². The summed E-state index contributed by atoms with van der Waals surface area (Å²) >= 11 is 0. The van der Waals surface area contributed by atoms with E-state index in [9.17, 15) is 4.79 Å². The molecule has 4 nitrogen and oxygen atoms in total. The molecule has 1 N–H and O–H groups in total. The average molecular weight is 346 g/mol. The number of nitrogens with zero attached hydrogens (tertiary/aromatic N) is 1. The number of benzene rings is 2. The van der Waals surface area contributed by atoms with Gasteiger partial charge in [-0.05, 0) is 44.0 Å². The molecule has 0 unspecified atom stereocenters. The van der Waals surface area contributed by atoms with Crippen molar-refractivity contribution in [2.24, 2.45) is 0 Å². The fraction of sp³-hybridized carbons (Fsp3) is 0.182. The zero-order valence-electron chi connectivity index (χ0n) is 15.2. The zero-order chi connectivity index (χ0) is 18.5. The minimum Gasteiger partial charge on any atom is -0.483 e. The lowest BCUT2D eigenvalue weighted by Gasteiger charge is -2.14. The summed E-state index contributed by atoms with van der Waals surface area (Å²) in [6.45, 7) is 5.73. The number of pyridine rings is 1. The summed E-state index contributed by atoms with van der Waals surface area (Å²) in [6, 6.07) is 19.6. The van der Waals surface area contributed by atoms with Gasteiger partial charge in [-0.2, -0.15) is 0 Å². The molecule has 26 heavy (non-hydrogen) atoms. The molecular weight excluding hydrogens is 324 g/mol. The fourth-order valence-electron chi connectivity index (χ4n) is 2.98. The predicted octanol–water partition coefficient (Wildman–Crippen LogP) is 4.69. The second-order valence-corrected chi connectivity index (χ2v) is 6.24. The second-order valence-electron chi connectivity index (χ2n) is 6.24. The van der Waals surface area contributed by atoms with Crippen LogP contribution in [0.1, 0.15) is 17.0 Å². The van der Waals surface area contributed by atoms with Crippen LogP contribution in [0, 0.1) is 20.8 Å². The number of rotatable bonds is 5. The van der Waals surface area contributed by atoms with Crippen LogP contribution in [0.4, 0.5) is 5.69 Å². The van der Waals surface area contributed by atoms with Crippen molar-refractivity contribution in [2.45, 2.75) is 20.8 Å². The van der Waals surface area contributed by atoms with Crippen LogP contribution in [0.3, 0.4) is 0 Å². The van der Waals surface area contributed by atoms with Gasteiger partial charge in [0.1, 0.15) is 5.75 Å². The Kier molecular flexibility index (Phi) is 5.32. The maximum absolute atomic E-state index is 12.4. The third kappa shape index (κ3) is 4.09. The van der Waals surface area contributed by atoms with Gasteiger partial charge >= 0.3 is 0 Å². The molecule has 0 radical (unpaired) electrons. The molecule has 0 aliphatic carbocycles. The molecule has 3 rings (SSSR count). The van der Waals surface area contributed by atoms with E-state index in [-0.39, 0.29) is 12.5 Å². The Bertz CT molecular complexity index is 897. The van der Waals surface area contributed by atoms with Gasteiger partial charge in [0.05, 0.1) is 11.4 Å². The van der Waals surface area contributed by atoms with Gasteiger partial charge in [-0.3, -0.25) is 9.78 Å². The molecule has 2 aromatic carbocycles.